The van der Waals surface area contributed by atoms with Gasteiger partial charge in [-0.3, -0.25) is 0 Å². The summed E-state index contributed by atoms with van der Waals surface area (Å²) in [5, 5.41) is 0. The molecule has 0 radical (unpaired) electrons. The fourth-order valence-electron chi connectivity index (χ4n) is 0.680. The fourth-order valence-corrected chi connectivity index (χ4v) is 4.78. The first-order chi connectivity index (χ1) is 5.11. The van der Waals surface area contributed by atoms with E-state index in [2.05, 4.69) is 4.31 Å². The second kappa shape index (κ2) is 6.47. The maximum absolute atomic E-state index is 10.5. The Morgan fingerprint density at radius 1 is 1.14 bits per heavy atom. The van der Waals surface area contributed by atoms with E-state index in [0.29, 0.717) is 12.3 Å². The van der Waals surface area contributed by atoms with E-state index in [0.717, 1.165) is 0 Å². The average molecular weight is 228 g/mol. The van der Waals surface area contributed by atoms with Gasteiger partial charge in [0.25, 0.3) is 0 Å². The number of rotatable bonds is 4. The van der Waals surface area contributed by atoms with Gasteiger partial charge in [0, 0.05) is 0 Å². The van der Waals surface area contributed by atoms with Gasteiger partial charge in [-0.05, 0) is 0 Å². The van der Waals surface area contributed by atoms with Gasteiger partial charge in [0.15, 0.2) is 0 Å². The maximum Gasteiger partial charge on any atom is 1.00 e. The van der Waals surface area contributed by atoms with Crippen molar-refractivity contribution >= 4 is 14.7 Å². The topological polar surface area (TPSA) is 72.4 Å². The van der Waals surface area contributed by atoms with Gasteiger partial charge in [-0.15, -0.1) is 0 Å². The van der Waals surface area contributed by atoms with Crippen molar-refractivity contribution in [2.75, 3.05) is 25.7 Å². The summed E-state index contributed by atoms with van der Waals surface area (Å²) in [4.78, 5) is 20.9. The van der Waals surface area contributed by atoms with Crippen LogP contribution in [0.3, 0.4) is 0 Å². The van der Waals surface area contributed by atoms with Gasteiger partial charge in [-0.1, -0.05) is 0 Å². The van der Waals surface area contributed by atoms with Gasteiger partial charge in [0.1, 0.15) is 0 Å². The average Bonchev–Trinajstić information content (AvgIpc) is 1.85. The van der Waals surface area contributed by atoms with Gasteiger partial charge in [-0.25, -0.2) is 0 Å². The predicted molar refractivity (Wildman–Crippen MR) is 48.5 cm³/mol. The minimum atomic E-state index is -4.83. The molecule has 0 aliphatic heterocycles. The minimum absolute atomic E-state index is 0. The predicted octanol–water partition coefficient (Wildman–Crippen LogP) is -5.39. The summed E-state index contributed by atoms with van der Waals surface area (Å²) in [5.41, 5.74) is 0. The minimum Gasteiger partial charge on any atom is 1.00 e. The van der Waals surface area contributed by atoms with Gasteiger partial charge in [0.05, 0.1) is 0 Å². The van der Waals surface area contributed by atoms with E-state index < -0.39 is 14.7 Å². The molecule has 8 heteroatoms. The van der Waals surface area contributed by atoms with E-state index in [9.17, 15) is 14.4 Å². The van der Waals surface area contributed by atoms with E-state index in [1.54, 1.807) is 13.3 Å². The molecule has 0 rings (SSSR count). The molecular weight excluding hydrogens is 212 g/mol. The zero-order valence-corrected chi connectivity index (χ0v) is 11.7. The Morgan fingerprint density at radius 2 is 1.43 bits per heavy atom. The standard InChI is InChI=1S/C6H18O4P2.2Li/c1-5-12(3,4,6-2)10-11(7,8)9;;/h5-6H2,1-4H3,(H2,7,8,9);;/q;2*+1/p-2. The van der Waals surface area contributed by atoms with E-state index in [1.165, 1.54) is 0 Å². The quantitative estimate of drug-likeness (QED) is 0.355. The van der Waals surface area contributed by atoms with E-state index in [-0.39, 0.29) is 37.7 Å². The number of hydrogen-bond donors (Lipinski definition) is 0. The first-order valence-electron chi connectivity index (χ1n) is 3.85. The molecule has 0 bridgehead atoms. The largest absolute Gasteiger partial charge is 1.00 e. The molecule has 0 unspecified atom stereocenters. The molecule has 0 aliphatic rings. The van der Waals surface area contributed by atoms with Crippen molar-refractivity contribution in [2.24, 2.45) is 0 Å². The van der Waals surface area contributed by atoms with Crippen LogP contribution >= 0.6 is 14.7 Å². The van der Waals surface area contributed by atoms with Crippen LogP contribution in [0.4, 0.5) is 0 Å². The smallest absolute Gasteiger partial charge is 1.00 e. The molecule has 0 heterocycles. The van der Waals surface area contributed by atoms with E-state index >= 15 is 0 Å². The Balaban J connectivity index is -0.000000605. The second-order valence-corrected chi connectivity index (χ2v) is 11.7. The van der Waals surface area contributed by atoms with Crippen LogP contribution in [0.25, 0.3) is 0 Å². The van der Waals surface area contributed by atoms with Crippen LogP contribution in [0.5, 0.6) is 0 Å². The first-order valence-corrected chi connectivity index (χ1v) is 8.73. The molecular formula is C6H16Li2O4P2. The van der Waals surface area contributed by atoms with Crippen molar-refractivity contribution in [3.63, 3.8) is 0 Å². The van der Waals surface area contributed by atoms with Crippen molar-refractivity contribution in [1.82, 2.24) is 0 Å². The SMILES string of the molecule is CCP(C)(C)(CC)OP(=O)([O-])[O-].[Li+].[Li+]. The Kier molecular flexibility index (Phi) is 9.73. The van der Waals surface area contributed by atoms with Crippen molar-refractivity contribution in [1.29, 1.82) is 0 Å². The van der Waals surface area contributed by atoms with Gasteiger partial charge < -0.3 is 0 Å². The zero-order chi connectivity index (χ0) is 10.1. The van der Waals surface area contributed by atoms with Gasteiger partial charge >= 0.3 is 111 Å². The summed E-state index contributed by atoms with van der Waals surface area (Å²) in [6, 6.07) is 0. The van der Waals surface area contributed by atoms with Crippen LogP contribution in [-0.4, -0.2) is 25.7 Å². The summed E-state index contributed by atoms with van der Waals surface area (Å²) in [6.07, 6.45) is 1.22. The van der Waals surface area contributed by atoms with Crippen LogP contribution in [0.1, 0.15) is 13.8 Å². The first kappa shape index (κ1) is 21.1. The zero-order valence-electron chi connectivity index (χ0n) is 9.94. The molecule has 4 nitrogen and oxygen atoms in total. The molecule has 0 spiro atoms. The monoisotopic (exact) mass is 228 g/mol. The van der Waals surface area contributed by atoms with Crippen molar-refractivity contribution in [3.8, 4) is 0 Å². The molecule has 0 atom stereocenters. The summed E-state index contributed by atoms with van der Waals surface area (Å²) in [6.45, 7) is 4.52. The molecule has 0 fully saturated rings. The molecule has 0 aromatic rings. The Hall–Kier alpha value is 1.73. The molecule has 0 saturated heterocycles. The van der Waals surface area contributed by atoms with Crippen molar-refractivity contribution in [3.05, 3.63) is 0 Å². The maximum atomic E-state index is 10.5. The van der Waals surface area contributed by atoms with Crippen LogP contribution < -0.4 is 47.5 Å². The summed E-state index contributed by atoms with van der Waals surface area (Å²) in [5.74, 6) is 0. The molecule has 0 N–H and O–H groups in total. The van der Waals surface area contributed by atoms with Crippen LogP contribution in [0.15, 0.2) is 0 Å². The van der Waals surface area contributed by atoms with E-state index in [4.69, 9.17) is 0 Å². The number of hydrogen-bond acceptors (Lipinski definition) is 4. The second-order valence-electron chi connectivity index (χ2n) is 3.72. The summed E-state index contributed by atoms with van der Waals surface area (Å²) >= 11 is 0. The van der Waals surface area contributed by atoms with Crippen LogP contribution in [-0.2, 0) is 8.88 Å². The van der Waals surface area contributed by atoms with Gasteiger partial charge in [-0.2, -0.15) is 0 Å². The van der Waals surface area contributed by atoms with E-state index in [1.807, 2.05) is 13.8 Å². The summed E-state index contributed by atoms with van der Waals surface area (Å²) in [7, 11) is -4.83. The normalized spacial score (nSPS) is 14.6. The molecule has 0 aromatic heterocycles. The third kappa shape index (κ3) is 7.95. The molecule has 0 saturated carbocycles. The third-order valence-corrected chi connectivity index (χ3v) is 9.32. The fraction of sp³-hybridized carbons (Fsp3) is 1.00. The van der Waals surface area contributed by atoms with Crippen molar-refractivity contribution in [2.45, 2.75) is 13.8 Å². The summed E-state index contributed by atoms with van der Waals surface area (Å²) < 4.78 is 15.1. The Labute approximate surface area is 110 Å². The molecule has 76 valence electrons. The molecule has 0 aromatic carbocycles. The van der Waals surface area contributed by atoms with Crippen molar-refractivity contribution < 1.29 is 56.4 Å². The Bertz CT molecular complexity index is 208. The Morgan fingerprint density at radius 3 is 1.50 bits per heavy atom. The van der Waals surface area contributed by atoms with Gasteiger partial charge in [0.2, 0.25) is 0 Å². The molecule has 0 amide bonds. The van der Waals surface area contributed by atoms with Crippen LogP contribution in [0, 0.1) is 0 Å². The molecule has 0 aliphatic carbocycles. The number of phosphoric acid groups is 1. The van der Waals surface area contributed by atoms with Crippen LogP contribution in [0.2, 0.25) is 0 Å². The molecule has 14 heavy (non-hydrogen) atoms. The third-order valence-electron chi connectivity index (χ3n) is 2.35.